The Labute approximate surface area is 171 Å². The summed E-state index contributed by atoms with van der Waals surface area (Å²) in [6.07, 6.45) is 4.34. The molecule has 0 N–H and O–H groups in total. The van der Waals surface area contributed by atoms with Crippen LogP contribution in [0.1, 0.15) is 35.7 Å². The fourth-order valence-electron chi connectivity index (χ4n) is 3.53. The maximum atomic E-state index is 13.4. The van der Waals surface area contributed by atoms with E-state index in [0.29, 0.717) is 24.6 Å². The molecule has 1 aliphatic carbocycles. The average Bonchev–Trinajstić information content (AvgIpc) is 3.49. The van der Waals surface area contributed by atoms with Crippen molar-refractivity contribution >= 4 is 5.91 Å². The van der Waals surface area contributed by atoms with Gasteiger partial charge in [0.25, 0.3) is 5.91 Å². The van der Waals surface area contributed by atoms with E-state index in [4.69, 9.17) is 9.84 Å². The molecule has 1 fully saturated rings. The van der Waals surface area contributed by atoms with Crippen LogP contribution >= 0.6 is 0 Å². The highest BCUT2D eigenvalue weighted by Gasteiger charge is 2.28. The van der Waals surface area contributed by atoms with Crippen molar-refractivity contribution in [3.8, 4) is 17.0 Å². The molecule has 3 aromatic rings. The van der Waals surface area contributed by atoms with E-state index >= 15 is 0 Å². The zero-order valence-electron chi connectivity index (χ0n) is 17.0. The van der Waals surface area contributed by atoms with Crippen LogP contribution in [0.25, 0.3) is 11.3 Å². The van der Waals surface area contributed by atoms with Crippen molar-refractivity contribution < 1.29 is 9.53 Å². The zero-order chi connectivity index (χ0) is 20.2. The summed E-state index contributed by atoms with van der Waals surface area (Å²) in [5.74, 6) is 1.50. The number of carbonyl (C=O) groups excluding carboxylic acids is 1. The summed E-state index contributed by atoms with van der Waals surface area (Å²) in [7, 11) is 1.65. The van der Waals surface area contributed by atoms with Crippen LogP contribution in [0.5, 0.6) is 5.75 Å². The molecule has 1 saturated carbocycles. The molecule has 29 heavy (non-hydrogen) atoms. The lowest BCUT2D eigenvalue weighted by Gasteiger charge is -2.20. The first-order chi connectivity index (χ1) is 14.2. The molecule has 0 spiro atoms. The van der Waals surface area contributed by atoms with Gasteiger partial charge >= 0.3 is 0 Å². The molecule has 150 valence electrons. The smallest absolute Gasteiger partial charge is 0.257 e. The third kappa shape index (κ3) is 4.50. The molecular formula is C24H27N3O2. The zero-order valence-corrected chi connectivity index (χ0v) is 17.0. The molecule has 1 aromatic heterocycles. The Hall–Kier alpha value is -3.08. The third-order valence-electron chi connectivity index (χ3n) is 5.39. The maximum absolute atomic E-state index is 13.4. The molecular weight excluding hydrogens is 362 g/mol. The van der Waals surface area contributed by atoms with Crippen LogP contribution in [0.2, 0.25) is 0 Å². The summed E-state index contributed by atoms with van der Waals surface area (Å²) in [6, 6.07) is 17.9. The summed E-state index contributed by atoms with van der Waals surface area (Å²) in [6.45, 7) is 4.22. The van der Waals surface area contributed by atoms with Crippen LogP contribution in [-0.2, 0) is 6.54 Å². The molecule has 0 unspecified atom stereocenters. The van der Waals surface area contributed by atoms with Crippen molar-refractivity contribution in [2.24, 2.45) is 5.92 Å². The highest BCUT2D eigenvalue weighted by Crippen LogP contribution is 2.31. The lowest BCUT2D eigenvalue weighted by Crippen LogP contribution is -2.32. The van der Waals surface area contributed by atoms with E-state index in [-0.39, 0.29) is 5.91 Å². The number of nitrogens with zero attached hydrogens (tertiary/aromatic N) is 3. The van der Waals surface area contributed by atoms with Crippen molar-refractivity contribution in [2.75, 3.05) is 20.2 Å². The highest BCUT2D eigenvalue weighted by molar-refractivity contribution is 5.99. The molecule has 5 heteroatoms. The van der Waals surface area contributed by atoms with E-state index < -0.39 is 0 Å². The fraction of sp³-hybridized carbons (Fsp3) is 0.333. The van der Waals surface area contributed by atoms with Gasteiger partial charge in [-0.3, -0.25) is 9.48 Å². The number of amides is 1. The third-order valence-corrected chi connectivity index (χ3v) is 5.39. The average molecular weight is 389 g/mol. The minimum atomic E-state index is 0.0597. The van der Waals surface area contributed by atoms with E-state index in [9.17, 15) is 4.79 Å². The predicted molar refractivity (Wildman–Crippen MR) is 114 cm³/mol. The predicted octanol–water partition coefficient (Wildman–Crippen LogP) is 4.48. The van der Waals surface area contributed by atoms with E-state index in [2.05, 4.69) is 12.1 Å². The second-order valence-corrected chi connectivity index (χ2v) is 7.59. The first-order valence-electron chi connectivity index (χ1n) is 10.2. The minimum Gasteiger partial charge on any atom is -0.497 e. The molecule has 1 heterocycles. The van der Waals surface area contributed by atoms with Crippen LogP contribution < -0.4 is 4.74 Å². The number of methoxy groups -OCH3 is 1. The van der Waals surface area contributed by atoms with Crippen LogP contribution in [-0.4, -0.2) is 40.8 Å². The number of benzene rings is 2. The van der Waals surface area contributed by atoms with Crippen molar-refractivity contribution in [1.82, 2.24) is 14.7 Å². The molecule has 2 aromatic carbocycles. The molecule has 0 atom stereocenters. The molecule has 0 bridgehead atoms. The monoisotopic (exact) mass is 389 g/mol. The lowest BCUT2D eigenvalue weighted by atomic mass is 10.1. The number of hydrogen-bond acceptors (Lipinski definition) is 3. The Morgan fingerprint density at radius 1 is 1.14 bits per heavy atom. The van der Waals surface area contributed by atoms with Gasteiger partial charge in [-0.1, -0.05) is 30.3 Å². The van der Waals surface area contributed by atoms with Crippen LogP contribution in [0.3, 0.4) is 0 Å². The first kappa shape index (κ1) is 19.2. The molecule has 5 nitrogen and oxygen atoms in total. The topological polar surface area (TPSA) is 47.4 Å². The van der Waals surface area contributed by atoms with Gasteiger partial charge in [0.05, 0.1) is 19.2 Å². The highest BCUT2D eigenvalue weighted by atomic mass is 16.5. The van der Waals surface area contributed by atoms with Crippen LogP contribution in [0, 0.1) is 5.92 Å². The summed E-state index contributed by atoms with van der Waals surface area (Å²) >= 11 is 0. The van der Waals surface area contributed by atoms with Gasteiger partial charge in [-0.2, -0.15) is 5.10 Å². The Balaban J connectivity index is 1.68. The molecule has 4 rings (SSSR count). The number of aromatic nitrogens is 2. The SMILES string of the molecule is CCN(CC1CC1)C(=O)c1cn(Cc2ccccc2)nc1-c1ccc(OC)cc1. The summed E-state index contributed by atoms with van der Waals surface area (Å²) in [5.41, 5.74) is 3.46. The maximum Gasteiger partial charge on any atom is 0.257 e. The van der Waals surface area contributed by atoms with E-state index in [1.54, 1.807) is 7.11 Å². The number of carbonyl (C=O) groups is 1. The molecule has 1 aliphatic rings. The van der Waals surface area contributed by atoms with Crippen molar-refractivity contribution in [3.63, 3.8) is 0 Å². The normalized spacial score (nSPS) is 13.3. The minimum absolute atomic E-state index is 0.0597. The van der Waals surface area contributed by atoms with Crippen molar-refractivity contribution in [1.29, 1.82) is 0 Å². The van der Waals surface area contributed by atoms with Crippen molar-refractivity contribution in [2.45, 2.75) is 26.3 Å². The van der Waals surface area contributed by atoms with Gasteiger partial charge in [0.2, 0.25) is 0 Å². The number of hydrogen-bond donors (Lipinski definition) is 0. The largest absolute Gasteiger partial charge is 0.497 e. The lowest BCUT2D eigenvalue weighted by molar-refractivity contribution is 0.0757. The Kier molecular flexibility index (Phi) is 5.65. The second-order valence-electron chi connectivity index (χ2n) is 7.59. The fourth-order valence-corrected chi connectivity index (χ4v) is 3.53. The van der Waals surface area contributed by atoms with E-state index in [1.165, 1.54) is 12.8 Å². The van der Waals surface area contributed by atoms with Gasteiger partial charge in [-0.25, -0.2) is 0 Å². The molecule has 0 saturated heterocycles. The Morgan fingerprint density at radius 2 is 1.86 bits per heavy atom. The van der Waals surface area contributed by atoms with Gasteiger partial charge in [0, 0.05) is 24.8 Å². The van der Waals surface area contributed by atoms with Gasteiger partial charge in [-0.05, 0) is 55.5 Å². The van der Waals surface area contributed by atoms with E-state index in [0.717, 1.165) is 29.1 Å². The first-order valence-corrected chi connectivity index (χ1v) is 10.2. The van der Waals surface area contributed by atoms with Gasteiger partial charge in [0.1, 0.15) is 11.4 Å². The summed E-state index contributed by atoms with van der Waals surface area (Å²) in [4.78, 5) is 15.3. The summed E-state index contributed by atoms with van der Waals surface area (Å²) in [5, 5.41) is 4.79. The van der Waals surface area contributed by atoms with Gasteiger partial charge in [-0.15, -0.1) is 0 Å². The number of rotatable bonds is 8. The summed E-state index contributed by atoms with van der Waals surface area (Å²) < 4.78 is 7.14. The van der Waals surface area contributed by atoms with Crippen LogP contribution in [0.15, 0.2) is 60.8 Å². The Morgan fingerprint density at radius 3 is 2.48 bits per heavy atom. The molecule has 0 radical (unpaired) electrons. The van der Waals surface area contributed by atoms with E-state index in [1.807, 2.05) is 65.2 Å². The molecule has 1 amide bonds. The number of ether oxygens (including phenoxy) is 1. The molecule has 0 aliphatic heterocycles. The standard InChI is InChI=1S/C24H27N3O2/c1-3-26(15-19-9-10-19)24(28)22-17-27(16-18-7-5-4-6-8-18)25-23(22)20-11-13-21(29-2)14-12-20/h4-8,11-14,17,19H,3,9-10,15-16H2,1-2H3. The van der Waals surface area contributed by atoms with Gasteiger partial charge < -0.3 is 9.64 Å². The van der Waals surface area contributed by atoms with Gasteiger partial charge in [0.15, 0.2) is 0 Å². The van der Waals surface area contributed by atoms with Crippen LogP contribution in [0.4, 0.5) is 0 Å². The van der Waals surface area contributed by atoms with Crippen molar-refractivity contribution in [3.05, 3.63) is 71.9 Å². The Bertz CT molecular complexity index is 960. The second kappa shape index (κ2) is 8.52. The quantitative estimate of drug-likeness (QED) is 0.571.